The first-order chi connectivity index (χ1) is 11.1. The van der Waals surface area contributed by atoms with E-state index in [2.05, 4.69) is 5.32 Å². The van der Waals surface area contributed by atoms with Crippen LogP contribution in [-0.2, 0) is 22.4 Å². The average Bonchev–Trinajstić information content (AvgIpc) is 2.55. The van der Waals surface area contributed by atoms with Gasteiger partial charge in [0.05, 0.1) is 0 Å². The lowest BCUT2D eigenvalue weighted by atomic mass is 10.0. The van der Waals surface area contributed by atoms with E-state index in [1.807, 2.05) is 61.5 Å². The van der Waals surface area contributed by atoms with E-state index in [9.17, 15) is 9.59 Å². The van der Waals surface area contributed by atoms with E-state index < -0.39 is 11.9 Å². The number of hydrogen-bond donors (Lipinski definition) is 2. The number of rotatable bonds is 7. The number of nitrogens with two attached hydrogens (primary N) is 1. The standard InChI is InChI=1S/C19H22N2O2/c1-14-7-5-6-10-16(14)13-17(19(20)23)21-18(22)12-11-15-8-3-2-4-9-15/h2-10,17H,11-13H2,1H3,(H2,20,23)(H,21,22)/t17-/m0/s1. The third-order valence-corrected chi connectivity index (χ3v) is 3.85. The van der Waals surface area contributed by atoms with Crippen LogP contribution in [0.1, 0.15) is 23.1 Å². The van der Waals surface area contributed by atoms with Gasteiger partial charge in [-0.15, -0.1) is 0 Å². The zero-order valence-corrected chi connectivity index (χ0v) is 13.3. The number of carbonyl (C=O) groups excluding carboxylic acids is 2. The Hall–Kier alpha value is -2.62. The molecule has 0 spiro atoms. The number of nitrogens with one attached hydrogen (secondary N) is 1. The highest BCUT2D eigenvalue weighted by Gasteiger charge is 2.19. The third kappa shape index (κ3) is 5.25. The van der Waals surface area contributed by atoms with Crippen LogP contribution in [0.5, 0.6) is 0 Å². The van der Waals surface area contributed by atoms with E-state index in [1.165, 1.54) is 0 Å². The van der Waals surface area contributed by atoms with Crippen LogP contribution in [0.25, 0.3) is 0 Å². The predicted octanol–water partition coefficient (Wildman–Crippen LogP) is 2.14. The molecule has 120 valence electrons. The fraction of sp³-hybridized carbons (Fsp3) is 0.263. The maximum absolute atomic E-state index is 12.1. The molecular weight excluding hydrogens is 288 g/mol. The molecule has 0 unspecified atom stereocenters. The molecule has 0 bridgehead atoms. The molecule has 0 aliphatic carbocycles. The van der Waals surface area contributed by atoms with Crippen molar-refractivity contribution >= 4 is 11.8 Å². The van der Waals surface area contributed by atoms with Crippen molar-refractivity contribution in [3.05, 3.63) is 71.3 Å². The largest absolute Gasteiger partial charge is 0.368 e. The quantitative estimate of drug-likeness (QED) is 0.822. The predicted molar refractivity (Wildman–Crippen MR) is 90.8 cm³/mol. The van der Waals surface area contributed by atoms with Gasteiger partial charge < -0.3 is 11.1 Å². The molecule has 0 aromatic heterocycles. The SMILES string of the molecule is Cc1ccccc1C[C@H](NC(=O)CCc1ccccc1)C(N)=O. The zero-order chi connectivity index (χ0) is 16.7. The van der Waals surface area contributed by atoms with Gasteiger partial charge in [-0.25, -0.2) is 0 Å². The second-order valence-electron chi connectivity index (χ2n) is 5.64. The number of amides is 2. The van der Waals surface area contributed by atoms with E-state index in [0.717, 1.165) is 16.7 Å². The van der Waals surface area contributed by atoms with Gasteiger partial charge in [0.15, 0.2) is 0 Å². The Kier molecular flexibility index (Phi) is 5.92. The summed E-state index contributed by atoms with van der Waals surface area (Å²) >= 11 is 0. The van der Waals surface area contributed by atoms with Gasteiger partial charge in [-0.2, -0.15) is 0 Å². The van der Waals surface area contributed by atoms with Crippen molar-refractivity contribution in [1.29, 1.82) is 0 Å². The molecule has 0 fully saturated rings. The van der Waals surface area contributed by atoms with Crippen LogP contribution >= 0.6 is 0 Å². The lowest BCUT2D eigenvalue weighted by molar-refractivity contribution is -0.127. The highest BCUT2D eigenvalue weighted by molar-refractivity contribution is 5.86. The normalized spacial score (nSPS) is 11.7. The average molecular weight is 310 g/mol. The van der Waals surface area contributed by atoms with Crippen molar-refractivity contribution in [2.45, 2.75) is 32.2 Å². The Morgan fingerprint density at radius 2 is 1.70 bits per heavy atom. The molecule has 0 aliphatic heterocycles. The topological polar surface area (TPSA) is 72.2 Å². The maximum atomic E-state index is 12.1. The summed E-state index contributed by atoms with van der Waals surface area (Å²) in [5.74, 6) is -0.674. The van der Waals surface area contributed by atoms with Crippen LogP contribution in [-0.4, -0.2) is 17.9 Å². The van der Waals surface area contributed by atoms with Crippen molar-refractivity contribution in [2.75, 3.05) is 0 Å². The molecule has 2 aromatic rings. The van der Waals surface area contributed by atoms with E-state index in [1.54, 1.807) is 0 Å². The van der Waals surface area contributed by atoms with Crippen LogP contribution in [0.2, 0.25) is 0 Å². The second kappa shape index (κ2) is 8.13. The smallest absolute Gasteiger partial charge is 0.240 e. The lowest BCUT2D eigenvalue weighted by Crippen LogP contribution is -2.46. The summed E-state index contributed by atoms with van der Waals surface area (Å²) in [5.41, 5.74) is 8.63. The molecule has 4 nitrogen and oxygen atoms in total. The van der Waals surface area contributed by atoms with Crippen molar-refractivity contribution in [1.82, 2.24) is 5.32 Å². The first-order valence-corrected chi connectivity index (χ1v) is 7.73. The molecule has 3 N–H and O–H groups in total. The molecule has 23 heavy (non-hydrogen) atoms. The Bertz CT molecular complexity index is 668. The fourth-order valence-electron chi connectivity index (χ4n) is 2.45. The minimum atomic E-state index is -0.681. The molecular formula is C19H22N2O2. The Morgan fingerprint density at radius 3 is 2.35 bits per heavy atom. The summed E-state index contributed by atoms with van der Waals surface area (Å²) in [5, 5.41) is 2.75. The van der Waals surface area contributed by atoms with Crippen LogP contribution in [0.15, 0.2) is 54.6 Å². The van der Waals surface area contributed by atoms with Crippen LogP contribution < -0.4 is 11.1 Å². The number of primary amides is 1. The summed E-state index contributed by atoms with van der Waals surface area (Å²) in [4.78, 5) is 23.7. The van der Waals surface area contributed by atoms with Gasteiger partial charge >= 0.3 is 0 Å². The van der Waals surface area contributed by atoms with Gasteiger partial charge in [0.1, 0.15) is 6.04 Å². The Balaban J connectivity index is 1.92. The van der Waals surface area contributed by atoms with E-state index in [-0.39, 0.29) is 5.91 Å². The third-order valence-electron chi connectivity index (χ3n) is 3.85. The molecule has 0 aliphatic rings. The molecule has 0 heterocycles. The molecule has 2 amide bonds. The summed E-state index contributed by atoms with van der Waals surface area (Å²) < 4.78 is 0. The summed E-state index contributed by atoms with van der Waals surface area (Å²) in [6.07, 6.45) is 1.39. The monoisotopic (exact) mass is 310 g/mol. The van der Waals surface area contributed by atoms with Crippen molar-refractivity contribution in [2.24, 2.45) is 5.73 Å². The van der Waals surface area contributed by atoms with Crippen molar-refractivity contribution in [3.63, 3.8) is 0 Å². The molecule has 1 atom stereocenters. The molecule has 2 aromatic carbocycles. The van der Waals surface area contributed by atoms with Gasteiger partial charge in [-0.05, 0) is 30.0 Å². The van der Waals surface area contributed by atoms with Gasteiger partial charge in [0.25, 0.3) is 0 Å². The number of aryl methyl sites for hydroxylation is 2. The zero-order valence-electron chi connectivity index (χ0n) is 13.3. The Labute approximate surface area is 136 Å². The summed E-state index contributed by atoms with van der Waals surface area (Å²) in [6.45, 7) is 1.98. The highest BCUT2D eigenvalue weighted by atomic mass is 16.2. The van der Waals surface area contributed by atoms with Gasteiger partial charge in [0, 0.05) is 12.8 Å². The molecule has 0 saturated carbocycles. The van der Waals surface area contributed by atoms with Crippen molar-refractivity contribution < 1.29 is 9.59 Å². The Morgan fingerprint density at radius 1 is 1.04 bits per heavy atom. The first-order valence-electron chi connectivity index (χ1n) is 7.73. The molecule has 4 heteroatoms. The van der Waals surface area contributed by atoms with Crippen LogP contribution in [0.4, 0.5) is 0 Å². The van der Waals surface area contributed by atoms with E-state index in [0.29, 0.717) is 19.3 Å². The first kappa shape index (κ1) is 16.7. The fourth-order valence-corrected chi connectivity index (χ4v) is 2.45. The van der Waals surface area contributed by atoms with Gasteiger partial charge in [0.2, 0.25) is 11.8 Å². The number of benzene rings is 2. The summed E-state index contributed by atoms with van der Waals surface area (Å²) in [7, 11) is 0. The van der Waals surface area contributed by atoms with Crippen molar-refractivity contribution in [3.8, 4) is 0 Å². The van der Waals surface area contributed by atoms with Gasteiger partial charge in [-0.3, -0.25) is 9.59 Å². The molecule has 2 rings (SSSR count). The lowest BCUT2D eigenvalue weighted by Gasteiger charge is -2.17. The van der Waals surface area contributed by atoms with E-state index in [4.69, 9.17) is 5.73 Å². The number of hydrogen-bond acceptors (Lipinski definition) is 2. The molecule has 0 saturated heterocycles. The maximum Gasteiger partial charge on any atom is 0.240 e. The van der Waals surface area contributed by atoms with Crippen LogP contribution in [0.3, 0.4) is 0 Å². The highest BCUT2D eigenvalue weighted by Crippen LogP contribution is 2.10. The minimum Gasteiger partial charge on any atom is -0.368 e. The van der Waals surface area contributed by atoms with Crippen LogP contribution in [0, 0.1) is 6.92 Å². The molecule has 0 radical (unpaired) electrons. The second-order valence-corrected chi connectivity index (χ2v) is 5.64. The van der Waals surface area contributed by atoms with E-state index >= 15 is 0 Å². The summed E-state index contributed by atoms with van der Waals surface area (Å²) in [6, 6.07) is 16.9. The minimum absolute atomic E-state index is 0.161. The number of carbonyl (C=O) groups is 2. The van der Waals surface area contributed by atoms with Gasteiger partial charge in [-0.1, -0.05) is 54.6 Å².